The van der Waals surface area contributed by atoms with Crippen molar-refractivity contribution < 1.29 is 16.4 Å². The van der Waals surface area contributed by atoms with Gasteiger partial charge in [0.2, 0.25) is 0 Å². The monoisotopic (exact) mass is 306 g/mol. The van der Waals surface area contributed by atoms with E-state index in [2.05, 4.69) is 0 Å². The van der Waals surface area contributed by atoms with Crippen LogP contribution < -0.4 is 0 Å². The van der Waals surface area contributed by atoms with E-state index in [1.54, 1.807) is 0 Å². The summed E-state index contributed by atoms with van der Waals surface area (Å²) in [6, 6.07) is 0. The number of hydrogen-bond donors (Lipinski definition) is 0. The van der Waals surface area contributed by atoms with Crippen molar-refractivity contribution in [2.24, 2.45) is 0 Å². The summed E-state index contributed by atoms with van der Waals surface area (Å²) in [6.45, 7) is 0. The lowest BCUT2D eigenvalue weighted by Gasteiger charge is -2.05. The van der Waals surface area contributed by atoms with Crippen molar-refractivity contribution >= 4 is 0 Å². The molecule has 6 N–H and O–H groups in total. The van der Waals surface area contributed by atoms with Gasteiger partial charge < -0.3 is 16.4 Å². The lowest BCUT2D eigenvalue weighted by atomic mass is 10.0. The Balaban J connectivity index is -0.000000216. The van der Waals surface area contributed by atoms with Gasteiger partial charge in [-0.2, -0.15) is 0 Å². The Hall–Kier alpha value is -0.120. The maximum Gasteiger partial charge on any atom is -0.0533 e. The molecule has 0 unspecified atom stereocenters. The smallest absolute Gasteiger partial charge is 0.0533 e. The van der Waals surface area contributed by atoms with Gasteiger partial charge in [-0.05, 0) is 0 Å². The van der Waals surface area contributed by atoms with Crippen molar-refractivity contribution in [2.45, 2.75) is 116 Å². The fraction of sp³-hybridized carbons (Fsp3) is 1.00. The van der Waals surface area contributed by atoms with E-state index in [0.29, 0.717) is 0 Å². The molecule has 0 aliphatic heterocycles. The molecule has 3 aliphatic carbocycles. The summed E-state index contributed by atoms with van der Waals surface area (Å²) >= 11 is 0. The largest absolute Gasteiger partial charge is 0.412 e. The maximum atomic E-state index is 1.50. The van der Waals surface area contributed by atoms with Crippen molar-refractivity contribution in [3.63, 3.8) is 0 Å². The third kappa shape index (κ3) is 19.9. The highest BCUT2D eigenvalue weighted by molar-refractivity contribution is 4.52. The Morgan fingerprint density at radius 1 is 0.143 bits per heavy atom. The van der Waals surface area contributed by atoms with Crippen LogP contribution in [0.3, 0.4) is 0 Å². The third-order valence-electron chi connectivity index (χ3n) is 4.50. The molecule has 0 saturated heterocycles. The minimum absolute atomic E-state index is 0. The van der Waals surface area contributed by atoms with Gasteiger partial charge in [-0.3, -0.25) is 0 Å². The van der Waals surface area contributed by atoms with E-state index >= 15 is 0 Å². The lowest BCUT2D eigenvalue weighted by molar-refractivity contribution is 0.504. The average Bonchev–Trinajstić information content (AvgIpc) is 2.54. The van der Waals surface area contributed by atoms with Crippen LogP contribution in [0.15, 0.2) is 0 Å². The zero-order valence-corrected chi connectivity index (χ0v) is 14.2. The summed E-state index contributed by atoms with van der Waals surface area (Å²) in [7, 11) is 0. The molecule has 0 aromatic carbocycles. The molecule has 3 saturated carbocycles. The SMILES string of the molecule is C1CCCCC1.C1CCCCC1.C1CCCCC1.O.O.O. The van der Waals surface area contributed by atoms with Crippen LogP contribution in [-0.4, -0.2) is 16.4 Å². The van der Waals surface area contributed by atoms with Crippen molar-refractivity contribution in [1.29, 1.82) is 0 Å². The van der Waals surface area contributed by atoms with Gasteiger partial charge in [-0.25, -0.2) is 0 Å². The summed E-state index contributed by atoms with van der Waals surface area (Å²) in [5, 5.41) is 0. The van der Waals surface area contributed by atoms with Crippen molar-refractivity contribution in [1.82, 2.24) is 0 Å². The molecule has 0 heterocycles. The van der Waals surface area contributed by atoms with Crippen molar-refractivity contribution in [3.05, 3.63) is 0 Å². The molecule has 3 fully saturated rings. The van der Waals surface area contributed by atoms with E-state index in [-0.39, 0.29) is 16.4 Å². The fourth-order valence-corrected chi connectivity index (χ4v) is 3.18. The van der Waals surface area contributed by atoms with Crippen molar-refractivity contribution in [2.75, 3.05) is 0 Å². The highest BCUT2D eigenvalue weighted by atomic mass is 16.0. The normalized spacial score (nSPS) is 20.6. The first-order chi connectivity index (χ1) is 9.00. The molecule has 0 aromatic rings. The molecular formula is C18H42O3. The minimum Gasteiger partial charge on any atom is -0.412 e. The molecule has 0 amide bonds. The second-order valence-corrected chi connectivity index (χ2v) is 6.36. The molecule has 0 radical (unpaired) electrons. The van der Waals surface area contributed by atoms with Gasteiger partial charge in [-0.15, -0.1) is 0 Å². The van der Waals surface area contributed by atoms with Gasteiger partial charge >= 0.3 is 0 Å². The van der Waals surface area contributed by atoms with Crippen LogP contribution in [-0.2, 0) is 0 Å². The van der Waals surface area contributed by atoms with Crippen LogP contribution in [0.25, 0.3) is 0 Å². The van der Waals surface area contributed by atoms with Crippen LogP contribution in [0.4, 0.5) is 0 Å². The first kappa shape index (κ1) is 25.8. The van der Waals surface area contributed by atoms with Crippen LogP contribution in [0.1, 0.15) is 116 Å². The van der Waals surface area contributed by atoms with E-state index in [1.165, 1.54) is 116 Å². The van der Waals surface area contributed by atoms with Crippen LogP contribution >= 0.6 is 0 Å². The highest BCUT2D eigenvalue weighted by Crippen LogP contribution is 2.16. The third-order valence-corrected chi connectivity index (χ3v) is 4.50. The van der Waals surface area contributed by atoms with Crippen molar-refractivity contribution in [3.8, 4) is 0 Å². The fourth-order valence-electron chi connectivity index (χ4n) is 3.18. The topological polar surface area (TPSA) is 94.5 Å². The molecule has 0 bridgehead atoms. The Kier molecular flexibility index (Phi) is 27.2. The summed E-state index contributed by atoms with van der Waals surface area (Å²) < 4.78 is 0. The van der Waals surface area contributed by atoms with Crippen LogP contribution in [0.2, 0.25) is 0 Å². The van der Waals surface area contributed by atoms with Gasteiger partial charge in [0.25, 0.3) is 0 Å². The molecule has 21 heavy (non-hydrogen) atoms. The molecular weight excluding hydrogens is 264 g/mol. The Labute approximate surface area is 132 Å². The molecule has 132 valence electrons. The quantitative estimate of drug-likeness (QED) is 0.628. The predicted octanol–water partition coefficient (Wildman–Crippen LogP) is 4.55. The van der Waals surface area contributed by atoms with E-state index in [1.807, 2.05) is 0 Å². The molecule has 3 heteroatoms. The molecule has 0 spiro atoms. The predicted molar refractivity (Wildman–Crippen MR) is 93.9 cm³/mol. The Morgan fingerprint density at radius 3 is 0.238 bits per heavy atom. The van der Waals surface area contributed by atoms with E-state index in [0.717, 1.165) is 0 Å². The number of rotatable bonds is 0. The Morgan fingerprint density at radius 2 is 0.190 bits per heavy atom. The van der Waals surface area contributed by atoms with E-state index in [9.17, 15) is 0 Å². The summed E-state index contributed by atoms with van der Waals surface area (Å²) in [4.78, 5) is 0. The van der Waals surface area contributed by atoms with E-state index in [4.69, 9.17) is 0 Å². The van der Waals surface area contributed by atoms with Gasteiger partial charge in [0.1, 0.15) is 0 Å². The minimum atomic E-state index is 0. The van der Waals surface area contributed by atoms with Gasteiger partial charge in [0.15, 0.2) is 0 Å². The number of hydrogen-bond acceptors (Lipinski definition) is 0. The van der Waals surface area contributed by atoms with Crippen LogP contribution in [0.5, 0.6) is 0 Å². The Bertz CT molecular complexity index is 87.5. The van der Waals surface area contributed by atoms with Gasteiger partial charge in [0, 0.05) is 0 Å². The molecule has 0 aromatic heterocycles. The maximum absolute atomic E-state index is 1.50. The molecule has 3 nitrogen and oxygen atoms in total. The van der Waals surface area contributed by atoms with Gasteiger partial charge in [-0.1, -0.05) is 116 Å². The van der Waals surface area contributed by atoms with E-state index < -0.39 is 0 Å². The molecule has 3 aliphatic rings. The first-order valence-corrected chi connectivity index (χ1v) is 9.00. The summed E-state index contributed by atoms with van der Waals surface area (Å²) in [5.74, 6) is 0. The van der Waals surface area contributed by atoms with Gasteiger partial charge in [0.05, 0.1) is 0 Å². The average molecular weight is 307 g/mol. The highest BCUT2D eigenvalue weighted by Gasteiger charge is 1.96. The standard InChI is InChI=1S/3C6H12.3H2O/c3*1-2-4-6-5-3-1;;;/h3*1-6H2;3*1H2. The zero-order valence-electron chi connectivity index (χ0n) is 14.2. The first-order valence-electron chi connectivity index (χ1n) is 9.00. The molecule has 3 rings (SSSR count). The molecule has 0 atom stereocenters. The summed E-state index contributed by atoms with van der Waals surface area (Å²) in [6.07, 6.45) is 27.0. The lowest BCUT2D eigenvalue weighted by Crippen LogP contribution is -1.85. The second-order valence-electron chi connectivity index (χ2n) is 6.36. The second kappa shape index (κ2) is 22.2. The summed E-state index contributed by atoms with van der Waals surface area (Å²) in [5.41, 5.74) is 0. The van der Waals surface area contributed by atoms with Crippen LogP contribution in [0, 0.1) is 0 Å². The zero-order chi connectivity index (χ0) is 12.7.